The highest BCUT2D eigenvalue weighted by atomic mass is 35.5. The summed E-state index contributed by atoms with van der Waals surface area (Å²) in [5.41, 5.74) is 1.03. The second kappa shape index (κ2) is 6.07. The molecule has 0 radical (unpaired) electrons. The van der Waals surface area contributed by atoms with Gasteiger partial charge in [0.25, 0.3) is 0 Å². The number of nitrogens with zero attached hydrogens (tertiary/aromatic N) is 3. The molecule has 7 heteroatoms. The number of rotatable bonds is 2. The molecule has 0 bridgehead atoms. The van der Waals surface area contributed by atoms with Crippen LogP contribution in [0.15, 0.2) is 18.2 Å². The number of likely N-dealkylation sites (tertiary alicyclic amines) is 1. The smallest absolute Gasteiger partial charge is 0.246 e. The van der Waals surface area contributed by atoms with Gasteiger partial charge in [0.2, 0.25) is 11.8 Å². The Morgan fingerprint density at radius 3 is 2.27 bits per heavy atom. The third-order valence-electron chi connectivity index (χ3n) is 4.38. The van der Waals surface area contributed by atoms with Crippen molar-refractivity contribution in [3.63, 3.8) is 0 Å². The molecular formula is C15H17Cl2N3O2. The first-order valence-corrected chi connectivity index (χ1v) is 7.97. The summed E-state index contributed by atoms with van der Waals surface area (Å²) in [6.45, 7) is 3.08. The Labute approximate surface area is 139 Å². The minimum atomic E-state index is -0.298. The Morgan fingerprint density at radius 1 is 1.05 bits per heavy atom. The van der Waals surface area contributed by atoms with Crippen LogP contribution in [0.3, 0.4) is 0 Å². The standard InChI is InChI=1S/C15H17Cl2N3O2/c1-18-14(21)9-13(15(18)22)20-6-4-19(5-7-20)10-2-3-11(16)12(17)8-10/h2-3,8,13H,4-7,9H2,1H3/t13-/m0/s1. The molecule has 2 aliphatic rings. The van der Waals surface area contributed by atoms with E-state index < -0.39 is 0 Å². The molecule has 2 saturated heterocycles. The molecule has 118 valence electrons. The fourth-order valence-corrected chi connectivity index (χ4v) is 3.29. The molecule has 0 spiro atoms. The maximum absolute atomic E-state index is 12.1. The summed E-state index contributed by atoms with van der Waals surface area (Å²) < 4.78 is 0. The normalized spacial score (nSPS) is 23.5. The van der Waals surface area contributed by atoms with E-state index >= 15 is 0 Å². The second-order valence-corrected chi connectivity index (χ2v) is 6.45. The molecule has 1 aromatic carbocycles. The van der Waals surface area contributed by atoms with Crippen LogP contribution >= 0.6 is 23.2 Å². The lowest BCUT2D eigenvalue weighted by Gasteiger charge is -2.38. The first-order valence-electron chi connectivity index (χ1n) is 7.22. The number of carbonyl (C=O) groups excluding carboxylic acids is 2. The third kappa shape index (κ3) is 2.81. The Bertz CT molecular complexity index is 615. The molecule has 2 heterocycles. The van der Waals surface area contributed by atoms with E-state index in [0.29, 0.717) is 16.5 Å². The first kappa shape index (κ1) is 15.6. The number of amides is 2. The van der Waals surface area contributed by atoms with Crippen LogP contribution < -0.4 is 4.90 Å². The van der Waals surface area contributed by atoms with E-state index in [1.54, 1.807) is 13.1 Å². The van der Waals surface area contributed by atoms with E-state index in [1.807, 2.05) is 12.1 Å². The van der Waals surface area contributed by atoms with Crippen LogP contribution in [0.4, 0.5) is 5.69 Å². The van der Waals surface area contributed by atoms with Crippen LogP contribution in [0, 0.1) is 0 Å². The first-order chi connectivity index (χ1) is 10.5. The zero-order valence-corrected chi connectivity index (χ0v) is 13.8. The van der Waals surface area contributed by atoms with Crippen molar-refractivity contribution >= 4 is 40.7 Å². The molecule has 3 rings (SSSR count). The van der Waals surface area contributed by atoms with Gasteiger partial charge in [-0.3, -0.25) is 19.4 Å². The van der Waals surface area contributed by atoms with Gasteiger partial charge in [-0.05, 0) is 18.2 Å². The van der Waals surface area contributed by atoms with Gasteiger partial charge in [-0.2, -0.15) is 0 Å². The number of piperazine rings is 1. The van der Waals surface area contributed by atoms with Crippen molar-refractivity contribution in [1.29, 1.82) is 0 Å². The Kier molecular flexibility index (Phi) is 4.30. The molecule has 22 heavy (non-hydrogen) atoms. The highest BCUT2D eigenvalue weighted by Crippen LogP contribution is 2.28. The molecule has 5 nitrogen and oxygen atoms in total. The van der Waals surface area contributed by atoms with E-state index in [-0.39, 0.29) is 17.9 Å². The van der Waals surface area contributed by atoms with Crippen LogP contribution in [-0.4, -0.2) is 60.9 Å². The average Bonchev–Trinajstić information content (AvgIpc) is 2.78. The van der Waals surface area contributed by atoms with Crippen LogP contribution in [0.25, 0.3) is 0 Å². The molecular weight excluding hydrogens is 325 g/mol. The number of likely N-dealkylation sites (N-methyl/N-ethyl adjacent to an activating group) is 1. The quantitative estimate of drug-likeness (QED) is 0.770. The zero-order chi connectivity index (χ0) is 15.9. The summed E-state index contributed by atoms with van der Waals surface area (Å²) in [6, 6.07) is 5.30. The topological polar surface area (TPSA) is 43.9 Å². The van der Waals surface area contributed by atoms with Crippen molar-refractivity contribution in [2.75, 3.05) is 38.1 Å². The maximum atomic E-state index is 12.1. The molecule has 0 unspecified atom stereocenters. The number of hydrogen-bond donors (Lipinski definition) is 0. The van der Waals surface area contributed by atoms with Gasteiger partial charge in [-0.15, -0.1) is 0 Å². The van der Waals surface area contributed by atoms with Crippen molar-refractivity contribution in [2.45, 2.75) is 12.5 Å². The van der Waals surface area contributed by atoms with Gasteiger partial charge in [0.05, 0.1) is 22.5 Å². The maximum Gasteiger partial charge on any atom is 0.246 e. The highest BCUT2D eigenvalue weighted by molar-refractivity contribution is 6.42. The van der Waals surface area contributed by atoms with Gasteiger partial charge in [0.15, 0.2) is 0 Å². The van der Waals surface area contributed by atoms with Gasteiger partial charge < -0.3 is 4.90 Å². The average molecular weight is 342 g/mol. The van der Waals surface area contributed by atoms with Gasteiger partial charge in [0.1, 0.15) is 0 Å². The monoisotopic (exact) mass is 341 g/mol. The van der Waals surface area contributed by atoms with Crippen LogP contribution in [0.2, 0.25) is 10.0 Å². The Morgan fingerprint density at radius 2 is 1.73 bits per heavy atom. The highest BCUT2D eigenvalue weighted by Gasteiger charge is 2.40. The van der Waals surface area contributed by atoms with E-state index in [2.05, 4.69) is 9.80 Å². The molecule has 2 fully saturated rings. The number of imide groups is 1. The Balaban J connectivity index is 1.64. The van der Waals surface area contributed by atoms with Crippen molar-refractivity contribution in [2.24, 2.45) is 0 Å². The third-order valence-corrected chi connectivity index (χ3v) is 5.12. The van der Waals surface area contributed by atoms with Crippen molar-refractivity contribution in [3.8, 4) is 0 Å². The lowest BCUT2D eigenvalue weighted by molar-refractivity contribution is -0.138. The predicted octanol–water partition coefficient (Wildman–Crippen LogP) is 1.87. The number of hydrogen-bond acceptors (Lipinski definition) is 4. The van der Waals surface area contributed by atoms with Crippen molar-refractivity contribution in [1.82, 2.24) is 9.80 Å². The van der Waals surface area contributed by atoms with Gasteiger partial charge >= 0.3 is 0 Å². The van der Waals surface area contributed by atoms with E-state index in [1.165, 1.54) is 4.90 Å². The lowest BCUT2D eigenvalue weighted by Crippen LogP contribution is -2.52. The fourth-order valence-electron chi connectivity index (χ4n) is 2.99. The van der Waals surface area contributed by atoms with Gasteiger partial charge in [0, 0.05) is 38.9 Å². The van der Waals surface area contributed by atoms with E-state index in [4.69, 9.17) is 23.2 Å². The largest absolute Gasteiger partial charge is 0.369 e. The van der Waals surface area contributed by atoms with E-state index in [0.717, 1.165) is 31.9 Å². The second-order valence-electron chi connectivity index (χ2n) is 5.63. The lowest BCUT2D eigenvalue weighted by atomic mass is 10.1. The molecule has 2 aliphatic heterocycles. The Hall–Kier alpha value is -1.30. The van der Waals surface area contributed by atoms with Crippen LogP contribution in [-0.2, 0) is 9.59 Å². The minimum Gasteiger partial charge on any atom is -0.369 e. The fraction of sp³-hybridized carbons (Fsp3) is 0.467. The molecule has 1 aromatic rings. The molecule has 0 aromatic heterocycles. The number of halogens is 2. The number of carbonyl (C=O) groups is 2. The van der Waals surface area contributed by atoms with Crippen molar-refractivity contribution in [3.05, 3.63) is 28.2 Å². The molecule has 1 atom stereocenters. The summed E-state index contributed by atoms with van der Waals surface area (Å²) >= 11 is 12.0. The molecule has 0 aliphatic carbocycles. The minimum absolute atomic E-state index is 0.0898. The molecule has 0 N–H and O–H groups in total. The van der Waals surface area contributed by atoms with Crippen LogP contribution in [0.1, 0.15) is 6.42 Å². The number of benzene rings is 1. The van der Waals surface area contributed by atoms with Crippen molar-refractivity contribution < 1.29 is 9.59 Å². The summed E-state index contributed by atoms with van der Waals surface area (Å²) in [7, 11) is 1.55. The summed E-state index contributed by atoms with van der Waals surface area (Å²) in [4.78, 5) is 29.2. The van der Waals surface area contributed by atoms with Gasteiger partial charge in [-0.1, -0.05) is 23.2 Å². The number of anilines is 1. The molecule has 0 saturated carbocycles. The summed E-state index contributed by atoms with van der Waals surface area (Å²) in [5, 5.41) is 1.09. The summed E-state index contributed by atoms with van der Waals surface area (Å²) in [5.74, 6) is -0.185. The zero-order valence-electron chi connectivity index (χ0n) is 12.3. The summed E-state index contributed by atoms with van der Waals surface area (Å²) in [6.07, 6.45) is 0.294. The van der Waals surface area contributed by atoms with E-state index in [9.17, 15) is 9.59 Å². The SMILES string of the molecule is CN1C(=O)C[C@H](N2CCN(c3ccc(Cl)c(Cl)c3)CC2)C1=O. The molecule has 2 amide bonds. The predicted molar refractivity (Wildman–Crippen MR) is 86.4 cm³/mol. The van der Waals surface area contributed by atoms with Gasteiger partial charge in [-0.25, -0.2) is 0 Å². The van der Waals surface area contributed by atoms with Crippen LogP contribution in [0.5, 0.6) is 0 Å².